The number of unbranched alkanes of at least 4 members (excludes halogenated alkanes) is 2. The maximum Gasteiger partial charge on any atom is 0.343 e. The predicted octanol–water partition coefficient (Wildman–Crippen LogP) is 7.84. The Labute approximate surface area is 285 Å². The molecule has 0 N–H and O–H groups in total. The lowest BCUT2D eigenvalue weighted by Crippen LogP contribution is -2.43. The van der Waals surface area contributed by atoms with E-state index in [1.165, 1.54) is 19.3 Å². The fraction of sp³-hybridized carbons (Fsp3) is 0.525. The molecular formula is C40H50O8. The lowest BCUT2D eigenvalue weighted by Gasteiger charge is -2.37. The molecular weight excluding hydrogens is 608 g/mol. The molecule has 0 aromatic heterocycles. The van der Waals surface area contributed by atoms with Gasteiger partial charge < -0.3 is 33.2 Å². The Morgan fingerprint density at radius 1 is 0.750 bits per heavy atom. The minimum Gasteiger partial charge on any atom is -0.494 e. The molecule has 8 nitrogen and oxygen atoms in total. The number of epoxide rings is 1. The van der Waals surface area contributed by atoms with Gasteiger partial charge in [-0.3, -0.25) is 0 Å². The maximum atomic E-state index is 12.9. The molecule has 2 heterocycles. The Hall–Kier alpha value is -3.43. The van der Waals surface area contributed by atoms with Crippen LogP contribution in [0.5, 0.6) is 17.2 Å². The maximum absolute atomic E-state index is 12.9. The Morgan fingerprint density at radius 3 is 2.02 bits per heavy atom. The van der Waals surface area contributed by atoms with Crippen LogP contribution in [0.3, 0.4) is 0 Å². The summed E-state index contributed by atoms with van der Waals surface area (Å²) in [4.78, 5) is 12.9. The summed E-state index contributed by atoms with van der Waals surface area (Å²) in [7, 11) is 0. The third-order valence-electron chi connectivity index (χ3n) is 9.39. The highest BCUT2D eigenvalue weighted by atomic mass is 16.6. The zero-order chi connectivity index (χ0) is 33.2. The molecule has 0 amide bonds. The zero-order valence-electron chi connectivity index (χ0n) is 28.5. The molecule has 3 aliphatic rings. The van der Waals surface area contributed by atoms with Gasteiger partial charge in [0.05, 0.1) is 50.8 Å². The second-order valence-electron chi connectivity index (χ2n) is 13.8. The van der Waals surface area contributed by atoms with E-state index in [1.807, 2.05) is 67.6 Å². The molecule has 48 heavy (non-hydrogen) atoms. The fourth-order valence-electron chi connectivity index (χ4n) is 6.31. The number of aryl methyl sites for hydroxylation is 1. The number of hydrogen-bond acceptors (Lipinski definition) is 8. The molecule has 3 unspecified atom stereocenters. The van der Waals surface area contributed by atoms with E-state index in [-0.39, 0.29) is 5.41 Å². The Balaban J connectivity index is 0.855. The molecule has 0 bridgehead atoms. The smallest absolute Gasteiger partial charge is 0.343 e. The van der Waals surface area contributed by atoms with E-state index in [9.17, 15) is 4.79 Å². The van der Waals surface area contributed by atoms with Crippen LogP contribution >= 0.6 is 0 Å². The van der Waals surface area contributed by atoms with Crippen molar-refractivity contribution in [3.63, 3.8) is 0 Å². The summed E-state index contributed by atoms with van der Waals surface area (Å²) < 4.78 is 40.1. The molecule has 6 rings (SSSR count). The van der Waals surface area contributed by atoms with Crippen molar-refractivity contribution >= 4 is 5.97 Å². The number of ether oxygens (including phenoxy) is 7. The van der Waals surface area contributed by atoms with Crippen molar-refractivity contribution < 1.29 is 38.0 Å². The molecule has 3 atom stereocenters. The first-order chi connectivity index (χ1) is 23.4. The first kappa shape index (κ1) is 34.4. The number of carbonyl (C=O) groups is 1. The van der Waals surface area contributed by atoms with E-state index >= 15 is 0 Å². The van der Waals surface area contributed by atoms with Crippen molar-refractivity contribution in [1.29, 1.82) is 0 Å². The van der Waals surface area contributed by atoms with Crippen LogP contribution in [0.15, 0.2) is 66.7 Å². The molecule has 2 aliphatic heterocycles. The van der Waals surface area contributed by atoms with Crippen molar-refractivity contribution in [3.8, 4) is 28.4 Å². The molecule has 0 radical (unpaired) electrons. The monoisotopic (exact) mass is 658 g/mol. The minimum absolute atomic E-state index is 0.186. The lowest BCUT2D eigenvalue weighted by molar-refractivity contribution is -0.138. The van der Waals surface area contributed by atoms with Crippen LogP contribution in [-0.2, 0) is 18.9 Å². The van der Waals surface area contributed by atoms with Gasteiger partial charge in [0, 0.05) is 25.2 Å². The molecule has 3 aromatic carbocycles. The van der Waals surface area contributed by atoms with Crippen LogP contribution in [0.4, 0.5) is 0 Å². The molecule has 1 saturated carbocycles. The number of fused-ring (bicyclic) bond motifs is 1. The number of esters is 1. The van der Waals surface area contributed by atoms with Crippen molar-refractivity contribution in [1.82, 2.24) is 0 Å². The van der Waals surface area contributed by atoms with E-state index in [4.69, 9.17) is 33.2 Å². The number of carbonyl (C=O) groups excluding carboxylic acids is 1. The molecule has 2 saturated heterocycles. The topological polar surface area (TPSA) is 85.0 Å². The largest absolute Gasteiger partial charge is 0.494 e. The molecule has 258 valence electrons. The van der Waals surface area contributed by atoms with Crippen LogP contribution in [0.2, 0.25) is 0 Å². The summed E-state index contributed by atoms with van der Waals surface area (Å²) in [5.41, 5.74) is 3.61. The van der Waals surface area contributed by atoms with Crippen molar-refractivity contribution in [2.45, 2.75) is 71.0 Å². The van der Waals surface area contributed by atoms with Crippen LogP contribution in [0, 0.1) is 18.3 Å². The van der Waals surface area contributed by atoms with Crippen LogP contribution in [0.1, 0.15) is 67.8 Å². The highest BCUT2D eigenvalue weighted by Gasteiger charge is 2.43. The number of benzene rings is 3. The van der Waals surface area contributed by atoms with Gasteiger partial charge in [-0.2, -0.15) is 0 Å². The normalized spacial score (nSPS) is 20.8. The van der Waals surface area contributed by atoms with Gasteiger partial charge in [0.2, 0.25) is 0 Å². The van der Waals surface area contributed by atoms with Gasteiger partial charge in [0.1, 0.15) is 17.2 Å². The average molecular weight is 659 g/mol. The summed E-state index contributed by atoms with van der Waals surface area (Å²) in [5, 5.41) is 0. The average Bonchev–Trinajstić information content (AvgIpc) is 3.86. The third kappa shape index (κ3) is 10.0. The van der Waals surface area contributed by atoms with Gasteiger partial charge in [-0.15, -0.1) is 0 Å². The molecule has 3 aromatic rings. The SMILES string of the molecule is Cc1cc(OCCCCOCC2(C)COC2)ccc1C(=O)Oc1ccc(-c2ccc(OCCCCOCC3CCC4OC4C3)cc2)cc1. The first-order valence-corrected chi connectivity index (χ1v) is 17.6. The van der Waals surface area contributed by atoms with Gasteiger partial charge in [-0.25, -0.2) is 4.79 Å². The van der Waals surface area contributed by atoms with E-state index in [0.717, 1.165) is 93.5 Å². The van der Waals surface area contributed by atoms with Crippen LogP contribution in [-0.4, -0.2) is 71.0 Å². The van der Waals surface area contributed by atoms with E-state index < -0.39 is 5.97 Å². The van der Waals surface area contributed by atoms with Gasteiger partial charge in [0.25, 0.3) is 0 Å². The predicted molar refractivity (Wildman–Crippen MR) is 184 cm³/mol. The molecule has 3 fully saturated rings. The van der Waals surface area contributed by atoms with E-state index in [1.54, 1.807) is 6.07 Å². The second-order valence-corrected chi connectivity index (χ2v) is 13.8. The molecule has 8 heteroatoms. The van der Waals surface area contributed by atoms with Crippen molar-refractivity contribution in [3.05, 3.63) is 77.9 Å². The van der Waals surface area contributed by atoms with Crippen LogP contribution in [0.25, 0.3) is 11.1 Å². The van der Waals surface area contributed by atoms with E-state index in [0.29, 0.717) is 42.7 Å². The summed E-state index contributed by atoms with van der Waals surface area (Å²) in [6.07, 6.45) is 8.48. The summed E-state index contributed by atoms with van der Waals surface area (Å²) in [6.45, 7) is 10.0. The molecule has 0 spiro atoms. The minimum atomic E-state index is -0.391. The van der Waals surface area contributed by atoms with Gasteiger partial charge in [0.15, 0.2) is 0 Å². The first-order valence-electron chi connectivity index (χ1n) is 17.6. The number of hydrogen-bond donors (Lipinski definition) is 0. The van der Waals surface area contributed by atoms with Crippen molar-refractivity contribution in [2.75, 3.05) is 52.9 Å². The van der Waals surface area contributed by atoms with Gasteiger partial charge in [-0.1, -0.05) is 31.2 Å². The summed E-state index contributed by atoms with van der Waals surface area (Å²) in [6, 6.07) is 21.1. The number of rotatable bonds is 19. The quantitative estimate of drug-likeness (QED) is 0.0558. The third-order valence-corrected chi connectivity index (χ3v) is 9.39. The zero-order valence-corrected chi connectivity index (χ0v) is 28.5. The van der Waals surface area contributed by atoms with Gasteiger partial charge >= 0.3 is 5.97 Å². The fourth-order valence-corrected chi connectivity index (χ4v) is 6.31. The summed E-state index contributed by atoms with van der Waals surface area (Å²) in [5.74, 6) is 2.37. The Kier molecular flexibility index (Phi) is 12.0. The standard InChI is InChI=1S/C40H50O8/c1-29-23-35(46-22-6-4-20-43-26-40(2)27-44-28-40)16-17-36(29)39(41)47-34-14-10-32(11-15-34)31-8-12-33(13-9-31)45-21-5-3-19-42-25-30-7-18-37-38(24-30)48-37/h8-17,23,30,37-38H,3-7,18-22,24-28H2,1-2H3. The lowest BCUT2D eigenvalue weighted by atomic mass is 9.90. The Morgan fingerprint density at radius 2 is 1.38 bits per heavy atom. The highest BCUT2D eigenvalue weighted by molar-refractivity contribution is 5.92. The van der Waals surface area contributed by atoms with E-state index in [2.05, 4.69) is 6.92 Å². The summed E-state index contributed by atoms with van der Waals surface area (Å²) >= 11 is 0. The van der Waals surface area contributed by atoms with Gasteiger partial charge in [-0.05, 0) is 117 Å². The highest BCUT2D eigenvalue weighted by Crippen LogP contribution is 2.39. The van der Waals surface area contributed by atoms with Crippen LogP contribution < -0.4 is 14.2 Å². The molecule has 1 aliphatic carbocycles. The Bertz CT molecular complexity index is 1450. The van der Waals surface area contributed by atoms with Crippen molar-refractivity contribution in [2.24, 2.45) is 11.3 Å². The second kappa shape index (κ2) is 16.8.